The van der Waals surface area contributed by atoms with Crippen LogP contribution in [0.4, 0.5) is 8.78 Å². The molecule has 0 aliphatic rings. The van der Waals surface area contributed by atoms with Crippen LogP contribution in [0.2, 0.25) is 0 Å². The Morgan fingerprint density at radius 2 is 1.95 bits per heavy atom. The van der Waals surface area contributed by atoms with Gasteiger partial charge in [-0.1, -0.05) is 12.1 Å². The third-order valence-corrected chi connectivity index (χ3v) is 2.64. The highest BCUT2D eigenvalue weighted by molar-refractivity contribution is 5.26. The number of rotatable bonds is 5. The number of alkyl halides is 2. The Hall–Kier alpha value is -2.48. The van der Waals surface area contributed by atoms with Gasteiger partial charge in [0.1, 0.15) is 5.75 Å². The maximum absolute atomic E-state index is 12.3. The van der Waals surface area contributed by atoms with Gasteiger partial charge in [-0.2, -0.15) is 13.9 Å². The first-order valence-electron chi connectivity index (χ1n) is 5.94. The number of halogens is 2. The van der Waals surface area contributed by atoms with Crippen LogP contribution in [0.25, 0.3) is 0 Å². The fourth-order valence-electron chi connectivity index (χ4n) is 1.71. The largest absolute Gasteiger partial charge is 0.508 e. The minimum Gasteiger partial charge on any atom is -0.508 e. The number of phenolic OH excluding ortho intramolecular Hbond substituents is 1. The van der Waals surface area contributed by atoms with Crippen LogP contribution >= 0.6 is 0 Å². The molecule has 0 fully saturated rings. The van der Waals surface area contributed by atoms with Crippen molar-refractivity contribution in [2.45, 2.75) is 19.8 Å². The molecule has 0 bridgehead atoms. The Morgan fingerprint density at radius 3 is 2.52 bits per heavy atom. The topological polar surface area (TPSA) is 84.6 Å². The molecule has 0 saturated heterocycles. The number of hydrogen-bond acceptors (Lipinski definition) is 5. The number of ether oxygens (including phenoxy) is 1. The Labute approximate surface area is 117 Å². The Morgan fingerprint density at radius 1 is 1.29 bits per heavy atom. The second-order valence-corrected chi connectivity index (χ2v) is 4.17. The van der Waals surface area contributed by atoms with Crippen LogP contribution in [0.5, 0.6) is 11.5 Å². The van der Waals surface area contributed by atoms with Crippen LogP contribution in [0.3, 0.4) is 0 Å². The van der Waals surface area contributed by atoms with Gasteiger partial charge in [0.15, 0.2) is 5.75 Å². The summed E-state index contributed by atoms with van der Waals surface area (Å²) in [7, 11) is 0. The highest BCUT2D eigenvalue weighted by Crippen LogP contribution is 2.12. The standard InChI is InChI=1S/C13H12F2N2O4/c14-13(15)21-11-5-9(7-18)16-17(12(11)20)6-8-1-3-10(19)4-2-8/h1-5,13,18-19H,6-7H2. The van der Waals surface area contributed by atoms with Crippen LogP contribution in [0, 0.1) is 0 Å². The summed E-state index contributed by atoms with van der Waals surface area (Å²) in [5.74, 6) is -0.521. The minimum atomic E-state index is -3.14. The van der Waals surface area contributed by atoms with Gasteiger partial charge < -0.3 is 14.9 Å². The maximum Gasteiger partial charge on any atom is 0.387 e. The first-order chi connectivity index (χ1) is 9.99. The lowest BCUT2D eigenvalue weighted by Crippen LogP contribution is -2.27. The number of phenols is 1. The summed E-state index contributed by atoms with van der Waals surface area (Å²) in [5.41, 5.74) is -0.176. The van der Waals surface area contributed by atoms with Gasteiger partial charge in [-0.05, 0) is 17.7 Å². The summed E-state index contributed by atoms with van der Waals surface area (Å²) in [6.07, 6.45) is 0. The lowest BCUT2D eigenvalue weighted by molar-refractivity contribution is -0.0513. The Balaban J connectivity index is 2.37. The van der Waals surface area contributed by atoms with Crippen molar-refractivity contribution in [3.63, 3.8) is 0 Å². The molecule has 0 amide bonds. The van der Waals surface area contributed by atoms with E-state index in [-0.39, 0.29) is 18.0 Å². The Bertz CT molecular complexity index is 671. The molecule has 2 rings (SSSR count). The van der Waals surface area contributed by atoms with Gasteiger partial charge in [0.25, 0.3) is 0 Å². The summed E-state index contributed by atoms with van der Waals surface area (Å²) in [5, 5.41) is 22.1. The monoisotopic (exact) mass is 298 g/mol. The van der Waals surface area contributed by atoms with Crippen LogP contribution in [0.15, 0.2) is 35.1 Å². The molecule has 1 aromatic carbocycles. The highest BCUT2D eigenvalue weighted by atomic mass is 19.3. The first kappa shape index (κ1) is 14.9. The van der Waals surface area contributed by atoms with Gasteiger partial charge >= 0.3 is 12.2 Å². The highest BCUT2D eigenvalue weighted by Gasteiger charge is 2.14. The molecule has 0 aliphatic heterocycles. The van der Waals surface area contributed by atoms with Crippen molar-refractivity contribution in [3.8, 4) is 11.5 Å². The number of aliphatic hydroxyl groups excluding tert-OH is 1. The number of aliphatic hydroxyl groups is 1. The van der Waals surface area contributed by atoms with Gasteiger partial charge in [0.2, 0.25) is 0 Å². The predicted molar refractivity (Wildman–Crippen MR) is 68.3 cm³/mol. The average molecular weight is 298 g/mol. The molecule has 1 aromatic heterocycles. The molecule has 0 aliphatic carbocycles. The zero-order valence-electron chi connectivity index (χ0n) is 10.7. The molecular formula is C13H12F2N2O4. The molecule has 6 nitrogen and oxygen atoms in total. The molecule has 1 heterocycles. The van der Waals surface area contributed by atoms with E-state index in [4.69, 9.17) is 5.11 Å². The van der Waals surface area contributed by atoms with E-state index < -0.39 is 24.5 Å². The summed E-state index contributed by atoms with van der Waals surface area (Å²) in [6, 6.07) is 6.94. The van der Waals surface area contributed by atoms with Crippen molar-refractivity contribution in [2.75, 3.05) is 0 Å². The van der Waals surface area contributed by atoms with Crippen molar-refractivity contribution < 1.29 is 23.7 Å². The molecule has 8 heteroatoms. The molecular weight excluding hydrogens is 286 g/mol. The quantitative estimate of drug-likeness (QED) is 0.863. The van der Waals surface area contributed by atoms with Crippen LogP contribution in [-0.2, 0) is 13.2 Å². The fraction of sp³-hybridized carbons (Fsp3) is 0.231. The van der Waals surface area contributed by atoms with E-state index in [9.17, 15) is 18.7 Å². The third-order valence-electron chi connectivity index (χ3n) is 2.64. The fourth-order valence-corrected chi connectivity index (χ4v) is 1.71. The first-order valence-corrected chi connectivity index (χ1v) is 5.94. The Kier molecular flexibility index (Phi) is 4.49. The average Bonchev–Trinajstić information content (AvgIpc) is 2.45. The summed E-state index contributed by atoms with van der Waals surface area (Å²) in [6.45, 7) is -3.67. The third kappa shape index (κ3) is 3.76. The van der Waals surface area contributed by atoms with Crippen LogP contribution in [-0.4, -0.2) is 26.6 Å². The predicted octanol–water partition coefficient (Wildman–Crippen LogP) is 1.09. The molecule has 0 atom stereocenters. The normalized spacial score (nSPS) is 10.9. The molecule has 2 N–H and O–H groups in total. The molecule has 0 unspecified atom stereocenters. The van der Waals surface area contributed by atoms with Crippen molar-refractivity contribution >= 4 is 0 Å². The lowest BCUT2D eigenvalue weighted by Gasteiger charge is -2.10. The lowest BCUT2D eigenvalue weighted by atomic mass is 10.2. The maximum atomic E-state index is 12.3. The summed E-state index contributed by atoms with van der Waals surface area (Å²) >= 11 is 0. The SMILES string of the molecule is O=c1c(OC(F)F)cc(CO)nn1Cc1ccc(O)cc1. The summed E-state index contributed by atoms with van der Waals surface area (Å²) in [4.78, 5) is 12.0. The number of nitrogens with zero attached hydrogens (tertiary/aromatic N) is 2. The van der Waals surface area contributed by atoms with E-state index in [1.165, 1.54) is 12.1 Å². The zero-order chi connectivity index (χ0) is 15.4. The smallest absolute Gasteiger partial charge is 0.387 e. The van der Waals surface area contributed by atoms with E-state index in [0.29, 0.717) is 5.56 Å². The van der Waals surface area contributed by atoms with E-state index in [1.807, 2.05) is 0 Å². The number of aromatic nitrogens is 2. The zero-order valence-corrected chi connectivity index (χ0v) is 10.7. The minimum absolute atomic E-state index is 0.00739. The van der Waals surface area contributed by atoms with Gasteiger partial charge in [0.05, 0.1) is 18.8 Å². The number of hydrogen-bond donors (Lipinski definition) is 2. The van der Waals surface area contributed by atoms with Gasteiger partial charge in [-0.25, -0.2) is 4.68 Å². The number of benzene rings is 1. The molecule has 0 radical (unpaired) electrons. The molecule has 0 spiro atoms. The molecule has 2 aromatic rings. The number of aromatic hydroxyl groups is 1. The van der Waals surface area contributed by atoms with E-state index in [0.717, 1.165) is 10.7 Å². The second-order valence-electron chi connectivity index (χ2n) is 4.17. The summed E-state index contributed by atoms with van der Waals surface area (Å²) < 4.78 is 29.6. The van der Waals surface area contributed by atoms with Crippen molar-refractivity contribution in [1.29, 1.82) is 0 Å². The van der Waals surface area contributed by atoms with E-state index in [2.05, 4.69) is 9.84 Å². The van der Waals surface area contributed by atoms with Crippen LogP contribution < -0.4 is 10.3 Å². The molecule has 112 valence electrons. The molecule has 0 saturated carbocycles. The van der Waals surface area contributed by atoms with E-state index in [1.54, 1.807) is 12.1 Å². The van der Waals surface area contributed by atoms with Crippen molar-refractivity contribution in [1.82, 2.24) is 9.78 Å². The second kappa shape index (κ2) is 6.31. The van der Waals surface area contributed by atoms with Gasteiger partial charge in [0, 0.05) is 6.07 Å². The van der Waals surface area contributed by atoms with Crippen molar-refractivity contribution in [3.05, 3.63) is 51.9 Å². The van der Waals surface area contributed by atoms with Crippen LogP contribution in [0.1, 0.15) is 11.3 Å². The van der Waals surface area contributed by atoms with Gasteiger partial charge in [-0.3, -0.25) is 4.79 Å². The van der Waals surface area contributed by atoms with Crippen molar-refractivity contribution in [2.24, 2.45) is 0 Å². The molecule has 21 heavy (non-hydrogen) atoms. The van der Waals surface area contributed by atoms with E-state index >= 15 is 0 Å². The van der Waals surface area contributed by atoms with Gasteiger partial charge in [-0.15, -0.1) is 0 Å².